The number of benzene rings is 1. The summed E-state index contributed by atoms with van der Waals surface area (Å²) in [7, 11) is 0. The maximum Gasteiger partial charge on any atom is 0.335 e. The molecule has 0 radical (unpaired) electrons. The number of hydrogen-bond acceptors (Lipinski definition) is 3. The van der Waals surface area contributed by atoms with Crippen molar-refractivity contribution in [1.29, 1.82) is 0 Å². The smallest absolute Gasteiger partial charge is 0.335 e. The molecular formula is C15H20N2O3. The maximum atomic E-state index is 12.1. The highest BCUT2D eigenvalue weighted by atomic mass is 16.4. The summed E-state index contributed by atoms with van der Waals surface area (Å²) < 4.78 is 0. The number of carboxylic acid groups (broad SMARTS) is 1. The van der Waals surface area contributed by atoms with E-state index in [4.69, 9.17) is 5.11 Å². The van der Waals surface area contributed by atoms with Crippen LogP contribution in [0.1, 0.15) is 40.5 Å². The molecule has 1 fully saturated rings. The Balaban J connectivity index is 1.93. The second-order valence-corrected chi connectivity index (χ2v) is 5.27. The van der Waals surface area contributed by atoms with Crippen molar-refractivity contribution in [2.24, 2.45) is 0 Å². The molecule has 1 saturated heterocycles. The fourth-order valence-corrected chi connectivity index (χ4v) is 2.50. The van der Waals surface area contributed by atoms with Crippen molar-refractivity contribution in [3.8, 4) is 0 Å². The molecule has 108 valence electrons. The first-order valence-electron chi connectivity index (χ1n) is 6.93. The molecule has 20 heavy (non-hydrogen) atoms. The molecule has 0 saturated carbocycles. The minimum Gasteiger partial charge on any atom is -0.478 e. The fourth-order valence-electron chi connectivity index (χ4n) is 2.50. The van der Waals surface area contributed by atoms with E-state index < -0.39 is 5.97 Å². The molecule has 2 rings (SSSR count). The van der Waals surface area contributed by atoms with Gasteiger partial charge in [0.15, 0.2) is 0 Å². The number of nitrogens with zero attached hydrogens (tertiary/aromatic N) is 1. The molecule has 1 heterocycles. The molecule has 1 aliphatic heterocycles. The van der Waals surface area contributed by atoms with Gasteiger partial charge >= 0.3 is 5.97 Å². The van der Waals surface area contributed by atoms with Crippen molar-refractivity contribution in [1.82, 2.24) is 10.2 Å². The number of carbonyl (C=O) groups excluding carboxylic acids is 1. The minimum atomic E-state index is -1.02. The monoisotopic (exact) mass is 276 g/mol. The van der Waals surface area contributed by atoms with E-state index in [0.29, 0.717) is 5.56 Å². The molecule has 1 aromatic carbocycles. The highest BCUT2D eigenvalue weighted by molar-refractivity contribution is 5.97. The number of hydrogen-bond donors (Lipinski definition) is 2. The van der Waals surface area contributed by atoms with Gasteiger partial charge in [0.2, 0.25) is 0 Å². The molecular weight excluding hydrogens is 256 g/mol. The Labute approximate surface area is 118 Å². The Kier molecular flexibility index (Phi) is 4.74. The van der Waals surface area contributed by atoms with Gasteiger partial charge in [0.1, 0.15) is 0 Å². The van der Waals surface area contributed by atoms with E-state index >= 15 is 0 Å². The molecule has 1 aliphatic rings. The lowest BCUT2D eigenvalue weighted by atomic mass is 10.1. The predicted octanol–water partition coefficient (Wildman–Crippen LogP) is 1.60. The fraction of sp³-hybridized carbons (Fsp3) is 0.467. The normalized spacial score (nSPS) is 16.9. The number of rotatable bonds is 5. The van der Waals surface area contributed by atoms with Gasteiger partial charge in [-0.05, 0) is 51.1 Å². The Hall–Kier alpha value is -1.88. The lowest BCUT2D eigenvalue weighted by molar-refractivity contribution is 0.0697. The second kappa shape index (κ2) is 6.52. The van der Waals surface area contributed by atoms with Crippen molar-refractivity contribution in [2.75, 3.05) is 19.6 Å². The lowest BCUT2D eigenvalue weighted by Gasteiger charge is -2.21. The molecule has 5 heteroatoms. The Morgan fingerprint density at radius 3 is 2.60 bits per heavy atom. The minimum absolute atomic E-state index is 0.0501. The van der Waals surface area contributed by atoms with Crippen LogP contribution in [0.15, 0.2) is 24.3 Å². The molecule has 0 bridgehead atoms. The number of nitrogens with one attached hydrogen (secondary N) is 1. The molecule has 0 spiro atoms. The zero-order chi connectivity index (χ0) is 14.5. The van der Waals surface area contributed by atoms with Gasteiger partial charge in [-0.2, -0.15) is 0 Å². The van der Waals surface area contributed by atoms with Crippen molar-refractivity contribution in [3.05, 3.63) is 35.4 Å². The van der Waals surface area contributed by atoms with E-state index in [1.807, 2.05) is 6.92 Å². The number of carboxylic acids is 1. The van der Waals surface area contributed by atoms with Gasteiger partial charge in [0, 0.05) is 18.2 Å². The molecule has 0 aliphatic carbocycles. The van der Waals surface area contributed by atoms with Crippen molar-refractivity contribution >= 4 is 11.9 Å². The molecule has 1 amide bonds. The standard InChI is InChI=1S/C15H20N2O3/c1-11(10-17-7-2-3-8-17)16-14(18)12-5-4-6-13(9-12)15(19)20/h4-6,9,11H,2-3,7-8,10H2,1H3,(H,16,18)(H,19,20). The molecule has 5 nitrogen and oxygen atoms in total. The SMILES string of the molecule is CC(CN1CCCC1)NC(=O)c1cccc(C(=O)O)c1. The van der Waals surface area contributed by atoms with Gasteiger partial charge in [-0.1, -0.05) is 6.07 Å². The summed E-state index contributed by atoms with van der Waals surface area (Å²) in [6.45, 7) is 4.99. The Morgan fingerprint density at radius 2 is 1.95 bits per heavy atom. The van der Waals surface area contributed by atoms with Gasteiger partial charge < -0.3 is 15.3 Å². The van der Waals surface area contributed by atoms with E-state index in [2.05, 4.69) is 10.2 Å². The zero-order valence-corrected chi connectivity index (χ0v) is 11.6. The van der Waals surface area contributed by atoms with Crippen LogP contribution in [0.4, 0.5) is 0 Å². The van der Waals surface area contributed by atoms with Crippen LogP contribution in [0.3, 0.4) is 0 Å². The zero-order valence-electron chi connectivity index (χ0n) is 11.6. The summed E-state index contributed by atoms with van der Waals surface area (Å²) in [5, 5.41) is 11.8. The highest BCUT2D eigenvalue weighted by Gasteiger charge is 2.17. The second-order valence-electron chi connectivity index (χ2n) is 5.27. The van der Waals surface area contributed by atoms with E-state index in [9.17, 15) is 9.59 Å². The highest BCUT2D eigenvalue weighted by Crippen LogP contribution is 2.09. The van der Waals surface area contributed by atoms with Crippen molar-refractivity contribution in [2.45, 2.75) is 25.8 Å². The number of aromatic carboxylic acids is 1. The largest absolute Gasteiger partial charge is 0.478 e. The molecule has 1 aromatic rings. The van der Waals surface area contributed by atoms with E-state index in [1.54, 1.807) is 12.1 Å². The van der Waals surface area contributed by atoms with Gasteiger partial charge in [0.05, 0.1) is 5.56 Å². The number of likely N-dealkylation sites (tertiary alicyclic amines) is 1. The summed E-state index contributed by atoms with van der Waals surface area (Å²) in [5.74, 6) is -1.25. The summed E-state index contributed by atoms with van der Waals surface area (Å²) in [6, 6.07) is 6.15. The predicted molar refractivity (Wildman–Crippen MR) is 76.0 cm³/mol. The van der Waals surface area contributed by atoms with Crippen molar-refractivity contribution in [3.63, 3.8) is 0 Å². The summed E-state index contributed by atoms with van der Waals surface area (Å²) in [4.78, 5) is 25.3. The molecule has 1 unspecified atom stereocenters. The van der Waals surface area contributed by atoms with Crippen LogP contribution in [-0.2, 0) is 0 Å². The summed E-state index contributed by atoms with van der Waals surface area (Å²) in [6.07, 6.45) is 2.45. The average molecular weight is 276 g/mol. The summed E-state index contributed by atoms with van der Waals surface area (Å²) in [5.41, 5.74) is 0.517. The van der Waals surface area contributed by atoms with Crippen LogP contribution >= 0.6 is 0 Å². The van der Waals surface area contributed by atoms with Crippen LogP contribution in [0.2, 0.25) is 0 Å². The number of amides is 1. The molecule has 2 N–H and O–H groups in total. The van der Waals surface area contributed by atoms with Crippen LogP contribution in [0.25, 0.3) is 0 Å². The average Bonchev–Trinajstić information content (AvgIpc) is 2.91. The third kappa shape index (κ3) is 3.81. The van der Waals surface area contributed by atoms with Gasteiger partial charge in [0.25, 0.3) is 5.91 Å². The third-order valence-corrected chi connectivity index (χ3v) is 3.48. The Morgan fingerprint density at radius 1 is 1.30 bits per heavy atom. The Bertz CT molecular complexity index is 496. The van der Waals surface area contributed by atoms with E-state index in [1.165, 1.54) is 25.0 Å². The topological polar surface area (TPSA) is 69.6 Å². The first kappa shape index (κ1) is 14.5. The van der Waals surface area contributed by atoms with Crippen molar-refractivity contribution < 1.29 is 14.7 Å². The van der Waals surface area contributed by atoms with Crippen LogP contribution in [0.5, 0.6) is 0 Å². The first-order valence-corrected chi connectivity index (χ1v) is 6.93. The summed E-state index contributed by atoms with van der Waals surface area (Å²) >= 11 is 0. The van der Waals surface area contributed by atoms with Gasteiger partial charge in [-0.25, -0.2) is 4.79 Å². The van der Waals surface area contributed by atoms with E-state index in [0.717, 1.165) is 19.6 Å². The molecule has 0 aromatic heterocycles. The molecule has 1 atom stereocenters. The van der Waals surface area contributed by atoms with Crippen LogP contribution in [0, 0.1) is 0 Å². The van der Waals surface area contributed by atoms with Crippen LogP contribution in [-0.4, -0.2) is 47.6 Å². The van der Waals surface area contributed by atoms with Gasteiger partial charge in [-0.15, -0.1) is 0 Å². The quantitative estimate of drug-likeness (QED) is 0.857. The third-order valence-electron chi connectivity index (χ3n) is 3.48. The first-order chi connectivity index (χ1) is 9.56. The number of carbonyl (C=O) groups is 2. The maximum absolute atomic E-state index is 12.1. The van der Waals surface area contributed by atoms with E-state index in [-0.39, 0.29) is 17.5 Å². The van der Waals surface area contributed by atoms with Crippen LogP contribution < -0.4 is 5.32 Å². The lowest BCUT2D eigenvalue weighted by Crippen LogP contribution is -2.41. The van der Waals surface area contributed by atoms with Gasteiger partial charge in [-0.3, -0.25) is 4.79 Å².